The van der Waals surface area contributed by atoms with Crippen LogP contribution in [0.25, 0.3) is 0 Å². The van der Waals surface area contributed by atoms with Gasteiger partial charge in [-0.3, -0.25) is 9.79 Å². The number of carbonyl (C=O) groups is 1. The van der Waals surface area contributed by atoms with E-state index < -0.39 is 0 Å². The quantitative estimate of drug-likeness (QED) is 0.297. The van der Waals surface area contributed by atoms with E-state index in [4.69, 9.17) is 5.73 Å². The number of nitrogens with one attached hydrogen (secondary N) is 2. The Balaban J connectivity index is 2.21. The van der Waals surface area contributed by atoms with Crippen LogP contribution in [0.2, 0.25) is 0 Å². The van der Waals surface area contributed by atoms with Crippen molar-refractivity contribution in [3.05, 3.63) is 0 Å². The van der Waals surface area contributed by atoms with Crippen LogP contribution in [0.5, 0.6) is 0 Å². The molecule has 1 rings (SSSR count). The van der Waals surface area contributed by atoms with Crippen LogP contribution in [-0.2, 0) is 4.79 Å². The molecule has 1 saturated heterocycles. The normalized spacial score (nSPS) is 19.4. The van der Waals surface area contributed by atoms with E-state index in [1.165, 1.54) is 25.7 Å². The lowest BCUT2D eigenvalue weighted by atomic mass is 9.87. The van der Waals surface area contributed by atoms with E-state index in [1.807, 2.05) is 7.05 Å². The van der Waals surface area contributed by atoms with Gasteiger partial charge in [0.2, 0.25) is 5.91 Å². The molecule has 6 heteroatoms. The summed E-state index contributed by atoms with van der Waals surface area (Å²) in [5, 5.41) is 6.86. The molecule has 0 aliphatic carbocycles. The Bertz CT molecular complexity index is 436. The maximum absolute atomic E-state index is 11.4. The Morgan fingerprint density at radius 1 is 1.27 bits per heavy atom. The van der Waals surface area contributed by atoms with Crippen LogP contribution in [0, 0.1) is 11.3 Å². The molecule has 1 unspecified atom stereocenters. The van der Waals surface area contributed by atoms with E-state index in [0.29, 0.717) is 0 Å². The number of piperidine rings is 1. The van der Waals surface area contributed by atoms with Gasteiger partial charge in [-0.2, -0.15) is 0 Å². The van der Waals surface area contributed by atoms with Gasteiger partial charge in [-0.15, -0.1) is 0 Å². The van der Waals surface area contributed by atoms with Crippen LogP contribution < -0.4 is 16.4 Å². The summed E-state index contributed by atoms with van der Waals surface area (Å²) in [6, 6.07) is 0. The molecule has 26 heavy (non-hydrogen) atoms. The first kappa shape index (κ1) is 22.7. The molecule has 0 radical (unpaired) electrons. The van der Waals surface area contributed by atoms with E-state index in [1.54, 1.807) is 0 Å². The zero-order chi connectivity index (χ0) is 19.4. The van der Waals surface area contributed by atoms with Gasteiger partial charge in [0.05, 0.1) is 5.92 Å². The predicted octanol–water partition coefficient (Wildman–Crippen LogP) is 2.35. The van der Waals surface area contributed by atoms with Gasteiger partial charge in [0, 0.05) is 26.7 Å². The van der Waals surface area contributed by atoms with Crippen LogP contribution in [0.1, 0.15) is 65.7 Å². The summed E-state index contributed by atoms with van der Waals surface area (Å²) in [6.07, 6.45) is 8.14. The number of amides is 1. The van der Waals surface area contributed by atoms with Gasteiger partial charge in [0.1, 0.15) is 0 Å². The number of carbonyl (C=O) groups excluding carboxylic acids is 1. The minimum Gasteiger partial charge on any atom is -0.369 e. The van der Waals surface area contributed by atoms with E-state index in [9.17, 15) is 4.79 Å². The van der Waals surface area contributed by atoms with Gasteiger partial charge in [0.15, 0.2) is 5.96 Å². The molecule has 1 aliphatic rings. The van der Waals surface area contributed by atoms with Crippen molar-refractivity contribution < 1.29 is 4.79 Å². The molecule has 1 aliphatic heterocycles. The van der Waals surface area contributed by atoms with Gasteiger partial charge < -0.3 is 21.3 Å². The Kier molecular flexibility index (Phi) is 10.6. The fourth-order valence-corrected chi connectivity index (χ4v) is 3.49. The molecule has 1 amide bonds. The lowest BCUT2D eigenvalue weighted by Crippen LogP contribution is -2.44. The van der Waals surface area contributed by atoms with Crippen LogP contribution in [0.4, 0.5) is 0 Å². The molecule has 0 bridgehead atoms. The highest BCUT2D eigenvalue weighted by atomic mass is 16.1. The number of nitrogens with two attached hydrogens (primary N) is 1. The van der Waals surface area contributed by atoms with Crippen molar-refractivity contribution in [2.75, 3.05) is 39.8 Å². The lowest BCUT2D eigenvalue weighted by molar-refractivity contribution is -0.123. The summed E-state index contributed by atoms with van der Waals surface area (Å²) in [5.74, 6) is 0.752. The second-order valence-electron chi connectivity index (χ2n) is 8.37. The van der Waals surface area contributed by atoms with Crippen LogP contribution in [0.3, 0.4) is 0 Å². The number of hydrogen-bond donors (Lipinski definition) is 3. The van der Waals surface area contributed by atoms with Gasteiger partial charge in [0.25, 0.3) is 0 Å². The van der Waals surface area contributed by atoms with Crippen molar-refractivity contribution in [3.63, 3.8) is 0 Å². The number of hydrogen-bond acceptors (Lipinski definition) is 3. The Labute approximate surface area is 160 Å². The third-order valence-electron chi connectivity index (χ3n) is 5.27. The van der Waals surface area contributed by atoms with Crippen LogP contribution in [0.15, 0.2) is 4.99 Å². The number of rotatable bonds is 11. The number of guanidine groups is 1. The van der Waals surface area contributed by atoms with Gasteiger partial charge in [-0.25, -0.2) is 0 Å². The van der Waals surface area contributed by atoms with E-state index in [2.05, 4.69) is 41.3 Å². The SMILES string of the molecule is CCCCCC(C)(C)CNC(=NC)NCCCN1CCCC(C(N)=O)C1. The van der Waals surface area contributed by atoms with Gasteiger partial charge in [-0.05, 0) is 44.2 Å². The zero-order valence-corrected chi connectivity index (χ0v) is 17.4. The number of aliphatic imine (C=N–C) groups is 1. The van der Waals surface area contributed by atoms with E-state index >= 15 is 0 Å². The summed E-state index contributed by atoms with van der Waals surface area (Å²) in [4.78, 5) is 18.0. The minimum atomic E-state index is -0.154. The van der Waals surface area contributed by atoms with Crippen molar-refractivity contribution in [1.82, 2.24) is 15.5 Å². The van der Waals surface area contributed by atoms with Crippen molar-refractivity contribution in [1.29, 1.82) is 0 Å². The summed E-state index contributed by atoms with van der Waals surface area (Å²) < 4.78 is 0. The number of primary amides is 1. The number of nitrogens with zero attached hydrogens (tertiary/aromatic N) is 2. The molecule has 1 heterocycles. The third kappa shape index (κ3) is 9.41. The summed E-state index contributed by atoms with van der Waals surface area (Å²) >= 11 is 0. The van der Waals surface area contributed by atoms with Crippen molar-refractivity contribution >= 4 is 11.9 Å². The van der Waals surface area contributed by atoms with Gasteiger partial charge >= 0.3 is 0 Å². The predicted molar refractivity (Wildman–Crippen MR) is 110 cm³/mol. The summed E-state index contributed by atoms with van der Waals surface area (Å²) in [6.45, 7) is 11.6. The van der Waals surface area contributed by atoms with Crippen LogP contribution in [-0.4, -0.2) is 56.5 Å². The summed E-state index contributed by atoms with van der Waals surface area (Å²) in [5.41, 5.74) is 5.73. The first-order valence-electron chi connectivity index (χ1n) is 10.3. The minimum absolute atomic E-state index is 0.0288. The van der Waals surface area contributed by atoms with E-state index in [-0.39, 0.29) is 17.2 Å². The number of unbranched alkanes of at least 4 members (excludes halogenated alkanes) is 2. The van der Waals surface area contributed by atoms with Crippen molar-refractivity contribution in [2.24, 2.45) is 22.1 Å². The third-order valence-corrected chi connectivity index (χ3v) is 5.27. The molecule has 6 nitrogen and oxygen atoms in total. The highest BCUT2D eigenvalue weighted by Crippen LogP contribution is 2.22. The molecular formula is C20H41N5O. The fraction of sp³-hybridized carbons (Fsp3) is 0.900. The monoisotopic (exact) mass is 367 g/mol. The number of likely N-dealkylation sites (tertiary alicyclic amines) is 1. The molecule has 0 aromatic rings. The maximum atomic E-state index is 11.4. The maximum Gasteiger partial charge on any atom is 0.221 e. The first-order chi connectivity index (χ1) is 12.4. The molecular weight excluding hydrogens is 326 g/mol. The molecule has 1 atom stereocenters. The average Bonchev–Trinajstić information content (AvgIpc) is 2.61. The average molecular weight is 368 g/mol. The fourth-order valence-electron chi connectivity index (χ4n) is 3.49. The lowest BCUT2D eigenvalue weighted by Gasteiger charge is -2.31. The second kappa shape index (κ2) is 12.2. The zero-order valence-electron chi connectivity index (χ0n) is 17.4. The molecule has 1 fully saturated rings. The highest BCUT2D eigenvalue weighted by Gasteiger charge is 2.23. The topological polar surface area (TPSA) is 82.8 Å². The summed E-state index contributed by atoms with van der Waals surface area (Å²) in [7, 11) is 1.82. The Morgan fingerprint density at radius 3 is 2.69 bits per heavy atom. The molecule has 152 valence electrons. The largest absolute Gasteiger partial charge is 0.369 e. The first-order valence-corrected chi connectivity index (χ1v) is 10.3. The molecule has 0 saturated carbocycles. The molecule has 0 aromatic carbocycles. The Hall–Kier alpha value is -1.30. The molecule has 0 aromatic heterocycles. The second-order valence-corrected chi connectivity index (χ2v) is 8.37. The standard InChI is InChI=1S/C20H41N5O/c1-5-6-7-11-20(2,3)16-24-19(22-4)23-12-9-14-25-13-8-10-17(15-25)18(21)26/h17H,5-16H2,1-4H3,(H2,21,26)(H2,22,23,24). The highest BCUT2D eigenvalue weighted by molar-refractivity contribution is 5.79. The molecule has 0 spiro atoms. The van der Waals surface area contributed by atoms with Crippen molar-refractivity contribution in [3.8, 4) is 0 Å². The van der Waals surface area contributed by atoms with Crippen LogP contribution >= 0.6 is 0 Å². The Morgan fingerprint density at radius 2 is 2.04 bits per heavy atom. The van der Waals surface area contributed by atoms with E-state index in [0.717, 1.165) is 57.9 Å². The van der Waals surface area contributed by atoms with Crippen molar-refractivity contribution in [2.45, 2.75) is 65.7 Å². The smallest absolute Gasteiger partial charge is 0.221 e. The molecule has 4 N–H and O–H groups in total. The van der Waals surface area contributed by atoms with Gasteiger partial charge in [-0.1, -0.05) is 40.0 Å².